The molecule has 11 nitrogen and oxygen atoms in total. The van der Waals surface area contributed by atoms with Gasteiger partial charge in [0.1, 0.15) is 12.1 Å². The highest BCUT2D eigenvalue weighted by Crippen LogP contribution is 2.39. The summed E-state index contributed by atoms with van der Waals surface area (Å²) in [5.41, 5.74) is 0.538. The van der Waals surface area contributed by atoms with Gasteiger partial charge in [-0.25, -0.2) is 18.7 Å². The molecular formula is C29H36F2N8O3. The number of amides is 1. The van der Waals surface area contributed by atoms with E-state index in [0.29, 0.717) is 23.2 Å². The van der Waals surface area contributed by atoms with Gasteiger partial charge in [0.05, 0.1) is 35.5 Å². The van der Waals surface area contributed by atoms with E-state index >= 15 is 0 Å². The van der Waals surface area contributed by atoms with Gasteiger partial charge >= 0.3 is 0 Å². The van der Waals surface area contributed by atoms with E-state index in [1.54, 1.807) is 6.07 Å². The number of nitrogens with one attached hydrogen (secondary N) is 3. The first-order valence-corrected chi connectivity index (χ1v) is 13.4. The molecule has 1 aliphatic heterocycles. The molecule has 1 aliphatic rings. The number of methoxy groups -OCH3 is 1. The van der Waals surface area contributed by atoms with E-state index in [1.807, 2.05) is 6.07 Å². The molecular weight excluding hydrogens is 546 g/mol. The van der Waals surface area contributed by atoms with Crippen molar-refractivity contribution in [3.63, 3.8) is 0 Å². The van der Waals surface area contributed by atoms with E-state index < -0.39 is 17.2 Å². The van der Waals surface area contributed by atoms with Crippen molar-refractivity contribution in [1.82, 2.24) is 19.9 Å². The van der Waals surface area contributed by atoms with Crippen LogP contribution in [-0.4, -0.2) is 71.2 Å². The molecule has 4 rings (SSSR count). The minimum absolute atomic E-state index is 0.0165. The van der Waals surface area contributed by atoms with Gasteiger partial charge in [-0.05, 0) is 59.0 Å². The maximum atomic E-state index is 14.1. The number of nitrogens with zero attached hydrogens (tertiary/aromatic N) is 5. The Morgan fingerprint density at radius 2 is 1.79 bits per heavy atom. The molecule has 1 atom stereocenters. The van der Waals surface area contributed by atoms with Crippen LogP contribution in [0.3, 0.4) is 0 Å². The van der Waals surface area contributed by atoms with Gasteiger partial charge in [0.2, 0.25) is 17.8 Å². The first-order valence-electron chi connectivity index (χ1n) is 13.4. The third-order valence-corrected chi connectivity index (χ3v) is 7.01. The van der Waals surface area contributed by atoms with Crippen LogP contribution >= 0.6 is 0 Å². The number of carbonyl (C=O) groups is 1. The lowest BCUT2D eigenvalue weighted by molar-refractivity contribution is -0.111. The summed E-state index contributed by atoms with van der Waals surface area (Å²) < 4.78 is 33.7. The maximum absolute atomic E-state index is 14.1. The Morgan fingerprint density at radius 1 is 1.12 bits per heavy atom. The third-order valence-electron chi connectivity index (χ3n) is 7.01. The second-order valence-corrected chi connectivity index (χ2v) is 10.7. The number of anilines is 6. The van der Waals surface area contributed by atoms with E-state index in [-0.39, 0.29) is 29.1 Å². The number of hydrogen-bond donors (Lipinski definition) is 4. The van der Waals surface area contributed by atoms with Crippen LogP contribution in [0.1, 0.15) is 32.3 Å². The number of halogens is 2. The summed E-state index contributed by atoms with van der Waals surface area (Å²) in [5.74, 6) is -1.95. The lowest BCUT2D eigenvalue weighted by atomic mass is 9.96. The van der Waals surface area contributed by atoms with E-state index in [1.165, 1.54) is 33.4 Å². The predicted octanol–water partition coefficient (Wildman–Crippen LogP) is 4.53. The quantitative estimate of drug-likeness (QED) is 0.253. The molecule has 1 saturated heterocycles. The fourth-order valence-electron chi connectivity index (χ4n) is 4.79. The number of carbonyl (C=O) groups excluding carboxylic acids is 1. The molecule has 0 unspecified atom stereocenters. The van der Waals surface area contributed by atoms with Crippen molar-refractivity contribution in [1.29, 1.82) is 0 Å². The summed E-state index contributed by atoms with van der Waals surface area (Å²) >= 11 is 0. The van der Waals surface area contributed by atoms with Gasteiger partial charge in [-0.1, -0.05) is 6.58 Å². The minimum atomic E-state index is -1.48. The van der Waals surface area contributed by atoms with Gasteiger partial charge in [-0.15, -0.1) is 0 Å². The van der Waals surface area contributed by atoms with Gasteiger partial charge in [0, 0.05) is 36.8 Å². The molecule has 0 aliphatic carbocycles. The number of likely N-dealkylation sites (N-methyl/N-ethyl adjacent to an activating group) is 1. The summed E-state index contributed by atoms with van der Waals surface area (Å²) in [7, 11) is 5.64. The van der Waals surface area contributed by atoms with Crippen LogP contribution in [0.15, 0.2) is 43.2 Å². The number of rotatable bonds is 10. The predicted molar refractivity (Wildman–Crippen MR) is 159 cm³/mol. The Kier molecular flexibility index (Phi) is 9.22. The molecule has 0 bridgehead atoms. The first-order chi connectivity index (χ1) is 19.9. The highest BCUT2D eigenvalue weighted by atomic mass is 19.2. The Morgan fingerprint density at radius 3 is 2.40 bits per heavy atom. The summed E-state index contributed by atoms with van der Waals surface area (Å²) in [5, 5.41) is 19.3. The van der Waals surface area contributed by atoms with Crippen molar-refractivity contribution in [2.24, 2.45) is 0 Å². The SMILES string of the molecule is C=CC(=O)Nc1cc(Nc2ncnc(Nc3cc(F)c(F)cc3C(C)(C)O)n2)c(OC)cc1N1CCC[C@@H](N(C)C)C1. The molecule has 0 spiro atoms. The van der Waals surface area contributed by atoms with E-state index in [4.69, 9.17) is 4.74 Å². The highest BCUT2D eigenvalue weighted by Gasteiger charge is 2.26. The number of aliphatic hydroxyl groups is 1. The highest BCUT2D eigenvalue weighted by molar-refractivity contribution is 6.02. The van der Waals surface area contributed by atoms with Crippen LogP contribution in [0.2, 0.25) is 0 Å². The smallest absolute Gasteiger partial charge is 0.247 e. The van der Waals surface area contributed by atoms with Crippen molar-refractivity contribution in [2.45, 2.75) is 38.3 Å². The van der Waals surface area contributed by atoms with Gasteiger partial charge < -0.3 is 35.6 Å². The Hall–Kier alpha value is -4.36. The third kappa shape index (κ3) is 7.09. The average Bonchev–Trinajstić information content (AvgIpc) is 2.94. The summed E-state index contributed by atoms with van der Waals surface area (Å²) in [4.78, 5) is 29.4. The number of ether oxygens (including phenoxy) is 1. The van der Waals surface area contributed by atoms with Crippen molar-refractivity contribution in [3.05, 3.63) is 60.4 Å². The number of aromatic nitrogens is 3. The molecule has 2 heterocycles. The van der Waals surface area contributed by atoms with Gasteiger partial charge in [-0.2, -0.15) is 4.98 Å². The number of benzene rings is 2. The standard InChI is InChI=1S/C29H36F2N8O3/c1-7-26(40)34-22-13-23(25(42-6)14-24(22)39-10-8-9-17(15-39)38(4)5)36-28-33-16-32-27(37-28)35-21-12-20(31)19(30)11-18(21)29(2,3)41/h7,11-14,16-17,41H,1,8-10,15H2,2-6H3,(H,34,40)(H2,32,33,35,36,37)/t17-/m1/s1. The zero-order valence-corrected chi connectivity index (χ0v) is 24.3. The monoisotopic (exact) mass is 582 g/mol. The second kappa shape index (κ2) is 12.7. The first kappa shape index (κ1) is 30.6. The van der Waals surface area contributed by atoms with Crippen LogP contribution in [0.5, 0.6) is 5.75 Å². The molecule has 4 N–H and O–H groups in total. The van der Waals surface area contributed by atoms with Crippen molar-refractivity contribution < 1.29 is 23.4 Å². The van der Waals surface area contributed by atoms with Gasteiger partial charge in [0.25, 0.3) is 0 Å². The van der Waals surface area contributed by atoms with E-state index in [9.17, 15) is 18.7 Å². The fourth-order valence-corrected chi connectivity index (χ4v) is 4.79. The molecule has 2 aromatic carbocycles. The zero-order chi connectivity index (χ0) is 30.6. The van der Waals surface area contributed by atoms with Crippen LogP contribution < -0.4 is 25.6 Å². The van der Waals surface area contributed by atoms with Crippen LogP contribution in [0.4, 0.5) is 43.4 Å². The Labute approximate surface area is 243 Å². The van der Waals surface area contributed by atoms with Gasteiger partial charge in [0.15, 0.2) is 11.6 Å². The van der Waals surface area contributed by atoms with Crippen molar-refractivity contribution in [3.8, 4) is 5.75 Å². The van der Waals surface area contributed by atoms with Crippen molar-refractivity contribution >= 4 is 40.6 Å². The summed E-state index contributed by atoms with van der Waals surface area (Å²) in [6.45, 7) is 8.07. The molecule has 1 aromatic heterocycles. The molecule has 0 saturated carbocycles. The van der Waals surface area contributed by atoms with E-state index in [0.717, 1.165) is 43.8 Å². The molecule has 3 aromatic rings. The summed E-state index contributed by atoms with van der Waals surface area (Å²) in [6, 6.07) is 5.78. The molecule has 1 amide bonds. The maximum Gasteiger partial charge on any atom is 0.247 e. The largest absolute Gasteiger partial charge is 0.494 e. The fraction of sp³-hybridized carbons (Fsp3) is 0.379. The van der Waals surface area contributed by atoms with Crippen molar-refractivity contribution in [2.75, 3.05) is 55.1 Å². The topological polar surface area (TPSA) is 128 Å². The Balaban J connectivity index is 1.67. The van der Waals surface area contributed by atoms with Gasteiger partial charge in [-0.3, -0.25) is 4.79 Å². The summed E-state index contributed by atoms with van der Waals surface area (Å²) in [6.07, 6.45) is 4.50. The van der Waals surface area contributed by atoms with E-state index in [2.05, 4.69) is 61.4 Å². The second-order valence-electron chi connectivity index (χ2n) is 10.7. The number of hydrogen-bond acceptors (Lipinski definition) is 10. The Bertz CT molecular complexity index is 1460. The zero-order valence-electron chi connectivity index (χ0n) is 24.3. The normalized spacial score (nSPS) is 15.4. The van der Waals surface area contributed by atoms with Crippen LogP contribution in [0, 0.1) is 11.6 Å². The lowest BCUT2D eigenvalue weighted by Gasteiger charge is -2.38. The lowest BCUT2D eigenvalue weighted by Crippen LogP contribution is -2.45. The molecule has 224 valence electrons. The minimum Gasteiger partial charge on any atom is -0.494 e. The molecule has 1 fully saturated rings. The molecule has 0 radical (unpaired) electrons. The molecule has 42 heavy (non-hydrogen) atoms. The van der Waals surface area contributed by atoms with Crippen LogP contribution in [0.25, 0.3) is 0 Å². The molecule has 13 heteroatoms. The van der Waals surface area contributed by atoms with Crippen LogP contribution in [-0.2, 0) is 10.4 Å². The average molecular weight is 583 g/mol. The number of piperidine rings is 1.